The fourth-order valence-electron chi connectivity index (χ4n) is 6.43. The van der Waals surface area contributed by atoms with E-state index >= 15 is 0 Å². The molecule has 3 heterocycles. The molecule has 2 fully saturated rings. The van der Waals surface area contributed by atoms with Crippen molar-refractivity contribution in [2.45, 2.75) is 97.3 Å². The summed E-state index contributed by atoms with van der Waals surface area (Å²) in [7, 11) is 0. The van der Waals surface area contributed by atoms with E-state index in [-0.39, 0.29) is 25.7 Å². The maximum absolute atomic E-state index is 13.6. The van der Waals surface area contributed by atoms with Gasteiger partial charge in [-0.25, -0.2) is 9.78 Å². The number of esters is 1. The lowest BCUT2D eigenvalue weighted by molar-refractivity contribution is -0.144. The zero-order valence-electron chi connectivity index (χ0n) is 26.1. The zero-order chi connectivity index (χ0) is 32.3. The highest BCUT2D eigenvalue weighted by molar-refractivity contribution is 5.73. The smallest absolute Gasteiger partial charge is 0.416 e. The van der Waals surface area contributed by atoms with Crippen LogP contribution in [0.3, 0.4) is 0 Å². The summed E-state index contributed by atoms with van der Waals surface area (Å²) in [5.74, 6) is 0.380. The van der Waals surface area contributed by atoms with E-state index in [1.807, 2.05) is 6.07 Å². The minimum atomic E-state index is -4.51. The molecule has 2 atom stereocenters. The molecular weight excluding hydrogens is 587 g/mol. The number of pyridine rings is 1. The summed E-state index contributed by atoms with van der Waals surface area (Å²) in [5.41, 5.74) is 2.28. The highest BCUT2D eigenvalue weighted by Gasteiger charge is 2.41. The molecular formula is C33H40F3N5O4. The van der Waals surface area contributed by atoms with Crippen LogP contribution >= 0.6 is 0 Å². The highest BCUT2D eigenvalue weighted by Crippen LogP contribution is 2.39. The van der Waals surface area contributed by atoms with Crippen LogP contribution < -0.4 is 4.90 Å². The molecule has 1 saturated heterocycles. The quantitative estimate of drug-likeness (QED) is 0.222. The summed E-state index contributed by atoms with van der Waals surface area (Å²) < 4.78 is 53.0. The number of aromatic nitrogens is 3. The molecule has 45 heavy (non-hydrogen) atoms. The number of hydrogen-bond acceptors (Lipinski definition) is 7. The van der Waals surface area contributed by atoms with E-state index in [0.717, 1.165) is 66.9 Å². The molecule has 9 nitrogen and oxygen atoms in total. The first kappa shape index (κ1) is 32.3. The molecule has 0 bridgehead atoms. The number of cyclic esters (lactones) is 1. The van der Waals surface area contributed by atoms with Gasteiger partial charge in [0.2, 0.25) is 0 Å². The summed E-state index contributed by atoms with van der Waals surface area (Å²) in [5, 5.41) is 4.31. The van der Waals surface area contributed by atoms with Crippen molar-refractivity contribution in [3.05, 3.63) is 65.1 Å². The van der Waals surface area contributed by atoms with Crippen LogP contribution in [0.5, 0.6) is 0 Å². The predicted molar refractivity (Wildman–Crippen MR) is 162 cm³/mol. The Morgan fingerprint density at radius 2 is 1.84 bits per heavy atom. The van der Waals surface area contributed by atoms with E-state index in [9.17, 15) is 22.8 Å². The minimum absolute atomic E-state index is 0.0228. The van der Waals surface area contributed by atoms with Gasteiger partial charge in [0, 0.05) is 41.7 Å². The summed E-state index contributed by atoms with van der Waals surface area (Å²) in [6, 6.07) is 5.55. The fourth-order valence-corrected chi connectivity index (χ4v) is 6.43. The maximum Gasteiger partial charge on any atom is 0.416 e. The molecule has 2 aliphatic rings. The van der Waals surface area contributed by atoms with Gasteiger partial charge >= 0.3 is 18.2 Å². The van der Waals surface area contributed by atoms with Crippen LogP contribution in [-0.2, 0) is 33.5 Å². The second kappa shape index (κ2) is 13.5. The maximum atomic E-state index is 13.6. The summed E-state index contributed by atoms with van der Waals surface area (Å²) in [6.45, 7) is 8.37. The number of nitrogens with zero attached hydrogens (tertiary/aromatic N) is 5. The van der Waals surface area contributed by atoms with Crippen molar-refractivity contribution in [3.8, 4) is 11.1 Å². The first-order valence-corrected chi connectivity index (χ1v) is 15.6. The molecule has 1 aromatic carbocycles. The Morgan fingerprint density at radius 3 is 2.53 bits per heavy atom. The Morgan fingerprint density at radius 1 is 1.09 bits per heavy atom. The second-order valence-corrected chi connectivity index (χ2v) is 11.8. The van der Waals surface area contributed by atoms with Gasteiger partial charge in [-0.2, -0.15) is 18.3 Å². The van der Waals surface area contributed by atoms with E-state index in [1.165, 1.54) is 11.1 Å². The molecule has 0 unspecified atom stereocenters. The van der Waals surface area contributed by atoms with Crippen LogP contribution in [0.2, 0.25) is 0 Å². The largest absolute Gasteiger partial charge is 0.465 e. The summed E-state index contributed by atoms with van der Waals surface area (Å²) in [6.07, 6.45) is 4.79. The lowest BCUT2D eigenvalue weighted by atomic mass is 9.93. The van der Waals surface area contributed by atoms with Crippen LogP contribution in [0.1, 0.15) is 81.2 Å². The second-order valence-electron chi connectivity index (χ2n) is 11.8. The normalized spacial score (nSPS) is 19.1. The predicted octanol–water partition coefficient (Wildman–Crippen LogP) is 7.08. The topological polar surface area (TPSA) is 89.8 Å². The Balaban J connectivity index is 1.47. The number of carbonyl (C=O) groups is 2. The van der Waals surface area contributed by atoms with E-state index in [1.54, 1.807) is 50.3 Å². The summed E-state index contributed by atoms with van der Waals surface area (Å²) >= 11 is 0. The Bertz CT molecular complexity index is 1520. The van der Waals surface area contributed by atoms with Crippen molar-refractivity contribution in [3.63, 3.8) is 0 Å². The number of rotatable bonds is 10. The number of halogens is 3. The zero-order valence-corrected chi connectivity index (χ0v) is 26.1. The molecule has 1 amide bonds. The molecule has 12 heteroatoms. The van der Waals surface area contributed by atoms with E-state index in [2.05, 4.69) is 16.9 Å². The number of carbonyl (C=O) groups excluding carboxylic acids is 2. The van der Waals surface area contributed by atoms with Crippen molar-refractivity contribution >= 4 is 17.9 Å². The molecule has 1 saturated carbocycles. The molecule has 1 aliphatic carbocycles. The van der Waals surface area contributed by atoms with Gasteiger partial charge in [0.25, 0.3) is 0 Å². The van der Waals surface area contributed by atoms with Gasteiger partial charge in [-0.15, -0.1) is 0 Å². The Labute approximate surface area is 261 Å². The first-order chi connectivity index (χ1) is 21.5. The van der Waals surface area contributed by atoms with Gasteiger partial charge in [-0.1, -0.05) is 30.9 Å². The lowest BCUT2D eigenvalue weighted by Crippen LogP contribution is -2.39. The first-order valence-electron chi connectivity index (χ1n) is 15.6. The number of amides is 1. The number of aryl methyl sites for hydroxylation is 1. The third-order valence-corrected chi connectivity index (χ3v) is 8.62. The van der Waals surface area contributed by atoms with Crippen LogP contribution in [0.25, 0.3) is 11.1 Å². The van der Waals surface area contributed by atoms with E-state index in [4.69, 9.17) is 14.5 Å². The van der Waals surface area contributed by atoms with Gasteiger partial charge in [-0.05, 0) is 64.3 Å². The summed E-state index contributed by atoms with van der Waals surface area (Å²) in [4.78, 5) is 34.0. The molecule has 3 aromatic rings. The van der Waals surface area contributed by atoms with Gasteiger partial charge in [0.1, 0.15) is 18.5 Å². The molecule has 0 N–H and O–H groups in total. The number of anilines is 1. The van der Waals surface area contributed by atoms with Crippen molar-refractivity contribution < 1.29 is 32.2 Å². The van der Waals surface area contributed by atoms with Crippen LogP contribution in [-0.4, -0.2) is 57.0 Å². The standard InChI is InChI=1S/C33H40F3N5O4/c1-5-40(28-10-8-7-9-11-28)31-25(14-24(16-37-31)26-17-38-39(18-26)20-29(42)44-6-2)19-41-22(4)30(45-32(41)43)23-12-21(3)13-27(15-23)33(34,35)36/h12-18,22,28,30H,5-11,19-20H2,1-4H3/t22-,30-/m0/s1. The molecule has 2 aromatic heterocycles. The third-order valence-electron chi connectivity index (χ3n) is 8.62. The molecule has 5 rings (SSSR count). The number of hydrogen-bond donors (Lipinski definition) is 0. The molecule has 1 aliphatic heterocycles. The number of benzene rings is 1. The Kier molecular flexibility index (Phi) is 9.69. The molecule has 0 spiro atoms. The van der Waals surface area contributed by atoms with Gasteiger partial charge in [0.05, 0.1) is 31.0 Å². The van der Waals surface area contributed by atoms with Crippen LogP contribution in [0.15, 0.2) is 42.9 Å². The monoisotopic (exact) mass is 627 g/mol. The average molecular weight is 628 g/mol. The van der Waals surface area contributed by atoms with Gasteiger partial charge < -0.3 is 14.4 Å². The molecule has 242 valence electrons. The van der Waals surface area contributed by atoms with E-state index < -0.39 is 30.0 Å². The van der Waals surface area contributed by atoms with Gasteiger partial charge in [-0.3, -0.25) is 14.4 Å². The number of alkyl halides is 3. The average Bonchev–Trinajstić information content (AvgIpc) is 3.58. The van der Waals surface area contributed by atoms with Crippen LogP contribution in [0, 0.1) is 6.92 Å². The van der Waals surface area contributed by atoms with Crippen molar-refractivity contribution in [2.75, 3.05) is 18.1 Å². The SMILES string of the molecule is CCOC(=O)Cn1cc(-c2cnc(N(CC)C3CCCCC3)c(CN3C(=O)O[C@H](c4cc(C)cc(C(F)(F)F)c4)[C@@H]3C)c2)cn1. The lowest BCUT2D eigenvalue weighted by Gasteiger charge is -2.36. The van der Waals surface area contributed by atoms with Crippen molar-refractivity contribution in [1.82, 2.24) is 19.7 Å². The highest BCUT2D eigenvalue weighted by atomic mass is 19.4. The van der Waals surface area contributed by atoms with Crippen molar-refractivity contribution in [1.29, 1.82) is 0 Å². The minimum Gasteiger partial charge on any atom is -0.465 e. The van der Waals surface area contributed by atoms with Crippen LogP contribution in [0.4, 0.5) is 23.8 Å². The fraction of sp³-hybridized carbons (Fsp3) is 0.515. The van der Waals surface area contributed by atoms with Gasteiger partial charge in [0.15, 0.2) is 0 Å². The molecule has 0 radical (unpaired) electrons. The Hall–Kier alpha value is -4.09. The number of ether oxygens (including phenoxy) is 2. The van der Waals surface area contributed by atoms with Crippen molar-refractivity contribution in [2.24, 2.45) is 0 Å². The third kappa shape index (κ3) is 7.26. The van der Waals surface area contributed by atoms with E-state index in [0.29, 0.717) is 17.2 Å².